The molecule has 0 heterocycles. The van der Waals surface area contributed by atoms with Gasteiger partial charge in [-0.05, 0) is 12.8 Å². The molecule has 0 aromatic heterocycles. The second-order valence-electron chi connectivity index (χ2n) is 17.0. The van der Waals surface area contributed by atoms with Gasteiger partial charge in [0.15, 0.2) is 0 Å². The third-order valence-corrected chi connectivity index (χ3v) is 12.4. The van der Waals surface area contributed by atoms with E-state index < -0.39 is 20.0 Å². The first kappa shape index (κ1) is 55.5. The van der Waals surface area contributed by atoms with Gasteiger partial charge in [-0.3, -0.25) is 13.8 Å². The lowest BCUT2D eigenvalue weighted by molar-refractivity contribution is -0.123. The minimum absolute atomic E-state index is 0.0928. The highest BCUT2D eigenvalue weighted by molar-refractivity contribution is 7.47. The fourth-order valence-corrected chi connectivity index (χ4v) is 8.49. The van der Waals surface area contributed by atoms with Gasteiger partial charge in [-0.1, -0.05) is 245 Å². The van der Waals surface area contributed by atoms with Gasteiger partial charge in [0.2, 0.25) is 5.91 Å². The molecule has 8 nitrogen and oxygen atoms in total. The standard InChI is InChI=1S/C47H97N2O6P/c1-3-5-7-9-11-13-15-17-19-21-23-25-27-29-31-33-35-37-39-41-47(51)49-45(44-55-56(52,53)54-43-42-48)46(50)40-38-36-34-32-30-28-26-24-22-20-18-16-14-12-10-8-6-4-2/h45-46,50H,3-44,48H2,1-2H3,(H,49,51)(H,52,53). The number of carbonyl (C=O) groups is 1. The number of aliphatic hydroxyl groups excluding tert-OH is 1. The number of hydrogen-bond donors (Lipinski definition) is 4. The predicted molar refractivity (Wildman–Crippen MR) is 240 cm³/mol. The first-order valence-electron chi connectivity index (χ1n) is 24.7. The summed E-state index contributed by atoms with van der Waals surface area (Å²) in [5.74, 6) is -0.155. The zero-order valence-corrected chi connectivity index (χ0v) is 38.3. The van der Waals surface area contributed by atoms with Crippen LogP contribution in [0.2, 0.25) is 0 Å². The highest BCUT2D eigenvalue weighted by atomic mass is 31.2. The molecule has 0 bridgehead atoms. The Bertz CT molecular complexity index is 849. The highest BCUT2D eigenvalue weighted by Gasteiger charge is 2.27. The zero-order valence-electron chi connectivity index (χ0n) is 37.4. The van der Waals surface area contributed by atoms with Crippen LogP contribution in [0.3, 0.4) is 0 Å². The molecule has 56 heavy (non-hydrogen) atoms. The Morgan fingerprint density at radius 2 is 0.821 bits per heavy atom. The topological polar surface area (TPSA) is 131 Å². The summed E-state index contributed by atoms with van der Waals surface area (Å²) in [5.41, 5.74) is 5.40. The minimum atomic E-state index is -4.31. The molecule has 9 heteroatoms. The van der Waals surface area contributed by atoms with Crippen molar-refractivity contribution in [1.29, 1.82) is 0 Å². The van der Waals surface area contributed by atoms with E-state index in [1.165, 1.54) is 199 Å². The average molecular weight is 817 g/mol. The fraction of sp³-hybridized carbons (Fsp3) is 0.979. The third kappa shape index (κ3) is 41.7. The van der Waals surface area contributed by atoms with E-state index >= 15 is 0 Å². The Labute approximate surface area is 348 Å². The van der Waals surface area contributed by atoms with Gasteiger partial charge in [-0.2, -0.15) is 0 Å². The summed E-state index contributed by atoms with van der Waals surface area (Å²) in [6.07, 6.45) is 48.3. The predicted octanol–water partition coefficient (Wildman–Crippen LogP) is 14.2. The van der Waals surface area contributed by atoms with Gasteiger partial charge in [-0.15, -0.1) is 0 Å². The Morgan fingerprint density at radius 1 is 0.518 bits per heavy atom. The summed E-state index contributed by atoms with van der Waals surface area (Å²) in [6.45, 7) is 4.26. The molecule has 0 aliphatic rings. The van der Waals surface area contributed by atoms with Gasteiger partial charge in [0.05, 0.1) is 25.4 Å². The van der Waals surface area contributed by atoms with Crippen LogP contribution in [0.25, 0.3) is 0 Å². The summed E-state index contributed by atoms with van der Waals surface area (Å²) >= 11 is 0. The van der Waals surface area contributed by atoms with Crippen LogP contribution in [-0.2, 0) is 18.4 Å². The minimum Gasteiger partial charge on any atom is -0.391 e. The lowest BCUT2D eigenvalue weighted by atomic mass is 10.0. The number of rotatable bonds is 47. The smallest absolute Gasteiger partial charge is 0.391 e. The van der Waals surface area contributed by atoms with Crippen molar-refractivity contribution in [1.82, 2.24) is 5.32 Å². The molecule has 0 spiro atoms. The van der Waals surface area contributed by atoms with E-state index in [0.717, 1.165) is 38.5 Å². The second-order valence-corrected chi connectivity index (χ2v) is 18.5. The zero-order chi connectivity index (χ0) is 41.1. The molecule has 0 aliphatic carbocycles. The molecule has 1 amide bonds. The van der Waals surface area contributed by atoms with Crippen molar-refractivity contribution in [3.05, 3.63) is 0 Å². The van der Waals surface area contributed by atoms with Crippen molar-refractivity contribution in [2.45, 2.75) is 276 Å². The van der Waals surface area contributed by atoms with E-state index in [1.807, 2.05) is 0 Å². The van der Waals surface area contributed by atoms with Gasteiger partial charge >= 0.3 is 7.82 Å². The molecule has 0 radical (unpaired) electrons. The number of aliphatic hydroxyl groups is 1. The van der Waals surface area contributed by atoms with Crippen molar-refractivity contribution < 1.29 is 28.4 Å². The number of nitrogens with one attached hydrogen (secondary N) is 1. The first-order chi connectivity index (χ1) is 27.4. The number of unbranched alkanes of at least 4 members (excludes halogenated alkanes) is 35. The van der Waals surface area contributed by atoms with Gasteiger partial charge in [0, 0.05) is 13.0 Å². The Hall–Kier alpha value is -0.500. The summed E-state index contributed by atoms with van der Waals surface area (Å²) in [7, 11) is -4.31. The van der Waals surface area contributed by atoms with Crippen molar-refractivity contribution >= 4 is 13.7 Å². The molecule has 3 atom stereocenters. The van der Waals surface area contributed by atoms with Gasteiger partial charge in [0.1, 0.15) is 0 Å². The van der Waals surface area contributed by atoms with Crippen LogP contribution >= 0.6 is 7.82 Å². The molecule has 0 aromatic carbocycles. The van der Waals surface area contributed by atoms with Gasteiger partial charge < -0.3 is 21.1 Å². The van der Waals surface area contributed by atoms with Crippen LogP contribution < -0.4 is 11.1 Å². The van der Waals surface area contributed by atoms with Crippen LogP contribution in [0.15, 0.2) is 0 Å². The van der Waals surface area contributed by atoms with Crippen molar-refractivity contribution in [2.75, 3.05) is 19.8 Å². The quantitative estimate of drug-likeness (QED) is 0.0355. The monoisotopic (exact) mass is 817 g/mol. The highest BCUT2D eigenvalue weighted by Crippen LogP contribution is 2.43. The molecule has 3 unspecified atom stereocenters. The Balaban J connectivity index is 4.04. The maximum Gasteiger partial charge on any atom is 0.472 e. The van der Waals surface area contributed by atoms with Crippen LogP contribution in [0, 0.1) is 0 Å². The van der Waals surface area contributed by atoms with E-state index in [4.69, 9.17) is 14.8 Å². The first-order valence-corrected chi connectivity index (χ1v) is 26.1. The lowest BCUT2D eigenvalue weighted by Crippen LogP contribution is -2.46. The average Bonchev–Trinajstić information content (AvgIpc) is 3.19. The third-order valence-electron chi connectivity index (χ3n) is 11.5. The number of hydrogen-bond acceptors (Lipinski definition) is 6. The molecule has 0 saturated carbocycles. The second kappa shape index (κ2) is 44.1. The van der Waals surface area contributed by atoms with Crippen LogP contribution in [0.5, 0.6) is 0 Å². The van der Waals surface area contributed by atoms with Crippen molar-refractivity contribution in [3.8, 4) is 0 Å². The van der Waals surface area contributed by atoms with E-state index in [-0.39, 0.29) is 25.7 Å². The Morgan fingerprint density at radius 3 is 1.14 bits per heavy atom. The van der Waals surface area contributed by atoms with E-state index in [9.17, 15) is 19.4 Å². The van der Waals surface area contributed by atoms with Gasteiger partial charge in [-0.25, -0.2) is 4.57 Å². The van der Waals surface area contributed by atoms with Crippen molar-refractivity contribution in [3.63, 3.8) is 0 Å². The maximum absolute atomic E-state index is 12.8. The summed E-state index contributed by atoms with van der Waals surface area (Å²) in [6, 6.07) is -0.768. The Kier molecular flexibility index (Phi) is 43.7. The number of phosphoric acid groups is 1. The summed E-state index contributed by atoms with van der Waals surface area (Å²) in [5, 5.41) is 13.9. The van der Waals surface area contributed by atoms with E-state index in [0.29, 0.717) is 12.8 Å². The summed E-state index contributed by atoms with van der Waals surface area (Å²) < 4.78 is 22.3. The molecular weight excluding hydrogens is 719 g/mol. The molecule has 0 fully saturated rings. The van der Waals surface area contributed by atoms with Crippen LogP contribution in [-0.4, -0.2) is 47.8 Å². The van der Waals surface area contributed by atoms with E-state index in [2.05, 4.69) is 19.2 Å². The number of carbonyl (C=O) groups excluding carboxylic acids is 1. The maximum atomic E-state index is 12.8. The molecule has 0 saturated heterocycles. The number of amides is 1. The normalized spacial score (nSPS) is 13.9. The largest absolute Gasteiger partial charge is 0.472 e. The number of phosphoric ester groups is 1. The van der Waals surface area contributed by atoms with Crippen LogP contribution in [0.1, 0.15) is 264 Å². The fourth-order valence-electron chi connectivity index (χ4n) is 7.73. The SMILES string of the molecule is CCCCCCCCCCCCCCCCCCCCCC(=O)NC(COP(=O)(O)OCCN)C(O)CCCCCCCCCCCCCCCCCCCC. The molecule has 336 valence electrons. The van der Waals surface area contributed by atoms with Gasteiger partial charge in [0.25, 0.3) is 0 Å². The lowest BCUT2D eigenvalue weighted by Gasteiger charge is -2.25. The van der Waals surface area contributed by atoms with Crippen LogP contribution in [0.4, 0.5) is 0 Å². The molecule has 0 rings (SSSR count). The molecular formula is C47H97N2O6P. The molecule has 0 aromatic rings. The number of nitrogens with two attached hydrogens (primary N) is 1. The molecule has 0 aliphatic heterocycles. The van der Waals surface area contributed by atoms with Crippen molar-refractivity contribution in [2.24, 2.45) is 5.73 Å². The van der Waals surface area contributed by atoms with E-state index in [1.54, 1.807) is 0 Å². The molecule has 5 N–H and O–H groups in total. The summed E-state index contributed by atoms with van der Waals surface area (Å²) in [4.78, 5) is 22.8.